The molecule has 3 nitrogen and oxygen atoms in total. The minimum atomic E-state index is 0.281. The van der Waals surface area contributed by atoms with Gasteiger partial charge in [0, 0.05) is 26.3 Å². The topological polar surface area (TPSA) is 32.7 Å². The monoisotopic (exact) mass is 203 g/mol. The van der Waals surface area contributed by atoms with Gasteiger partial charge in [0.05, 0.1) is 6.61 Å². The van der Waals surface area contributed by atoms with E-state index in [2.05, 4.69) is 25.7 Å². The number of hydrogen-bond acceptors (Lipinski definition) is 3. The molecule has 0 aliphatic rings. The van der Waals surface area contributed by atoms with Gasteiger partial charge in [-0.3, -0.25) is 0 Å². The van der Waals surface area contributed by atoms with Crippen LogP contribution >= 0.6 is 0 Å². The fourth-order valence-corrected chi connectivity index (χ4v) is 1.24. The summed E-state index contributed by atoms with van der Waals surface area (Å²) in [6, 6.07) is 0. The van der Waals surface area contributed by atoms with Crippen LogP contribution in [0.15, 0.2) is 0 Å². The predicted octanol–water partition coefficient (Wildman–Crippen LogP) is 1.36. The van der Waals surface area contributed by atoms with E-state index in [1.165, 1.54) is 0 Å². The molecule has 0 heterocycles. The molecule has 0 saturated heterocycles. The van der Waals surface area contributed by atoms with Crippen molar-refractivity contribution < 1.29 is 9.84 Å². The summed E-state index contributed by atoms with van der Waals surface area (Å²) in [6.45, 7) is 11.4. The van der Waals surface area contributed by atoms with E-state index in [-0.39, 0.29) is 6.61 Å². The highest BCUT2D eigenvalue weighted by atomic mass is 16.5. The number of aliphatic hydroxyl groups excluding tert-OH is 1. The van der Waals surface area contributed by atoms with Crippen molar-refractivity contribution in [1.82, 2.24) is 4.90 Å². The Morgan fingerprint density at radius 3 is 2.50 bits per heavy atom. The van der Waals surface area contributed by atoms with Crippen molar-refractivity contribution in [2.45, 2.75) is 27.2 Å². The first-order valence-electron chi connectivity index (χ1n) is 5.61. The lowest BCUT2D eigenvalue weighted by molar-refractivity contribution is 0.0848. The first kappa shape index (κ1) is 13.9. The van der Waals surface area contributed by atoms with Crippen molar-refractivity contribution in [2.24, 2.45) is 5.92 Å². The molecule has 0 aromatic rings. The molecule has 3 heteroatoms. The molecule has 0 aromatic carbocycles. The maximum atomic E-state index is 8.70. The highest BCUT2D eigenvalue weighted by Crippen LogP contribution is 1.94. The molecule has 0 rings (SSSR count). The summed E-state index contributed by atoms with van der Waals surface area (Å²) < 4.78 is 5.50. The molecule has 0 fully saturated rings. The SMILES string of the molecule is CCN(CCCO)CCOCC(C)C. The van der Waals surface area contributed by atoms with Gasteiger partial charge >= 0.3 is 0 Å². The van der Waals surface area contributed by atoms with Crippen molar-refractivity contribution in [2.75, 3.05) is 39.5 Å². The molecular weight excluding hydrogens is 178 g/mol. The van der Waals surface area contributed by atoms with E-state index in [9.17, 15) is 0 Å². The zero-order chi connectivity index (χ0) is 10.8. The average molecular weight is 203 g/mol. The summed E-state index contributed by atoms with van der Waals surface area (Å²) in [7, 11) is 0. The third-order valence-electron chi connectivity index (χ3n) is 2.08. The van der Waals surface area contributed by atoms with E-state index in [4.69, 9.17) is 9.84 Å². The highest BCUT2D eigenvalue weighted by molar-refractivity contribution is 4.54. The summed E-state index contributed by atoms with van der Waals surface area (Å²) in [5.41, 5.74) is 0. The van der Waals surface area contributed by atoms with Gasteiger partial charge in [0.2, 0.25) is 0 Å². The number of hydrogen-bond donors (Lipinski definition) is 1. The fraction of sp³-hybridized carbons (Fsp3) is 1.00. The normalized spacial score (nSPS) is 11.6. The zero-order valence-corrected chi connectivity index (χ0v) is 9.83. The molecule has 0 saturated carbocycles. The van der Waals surface area contributed by atoms with Gasteiger partial charge in [-0.15, -0.1) is 0 Å². The van der Waals surface area contributed by atoms with Crippen LogP contribution in [-0.2, 0) is 4.74 Å². The minimum absolute atomic E-state index is 0.281. The van der Waals surface area contributed by atoms with Gasteiger partial charge in [0.1, 0.15) is 0 Å². The molecule has 0 aliphatic carbocycles. The van der Waals surface area contributed by atoms with Gasteiger partial charge in [-0.25, -0.2) is 0 Å². The Balaban J connectivity index is 3.33. The number of aliphatic hydroxyl groups is 1. The predicted molar refractivity (Wildman–Crippen MR) is 59.5 cm³/mol. The van der Waals surface area contributed by atoms with Crippen LogP contribution < -0.4 is 0 Å². The van der Waals surface area contributed by atoms with E-state index < -0.39 is 0 Å². The molecule has 0 bridgehead atoms. The zero-order valence-electron chi connectivity index (χ0n) is 9.83. The highest BCUT2D eigenvalue weighted by Gasteiger charge is 2.01. The van der Waals surface area contributed by atoms with Gasteiger partial charge in [0.15, 0.2) is 0 Å². The molecule has 86 valence electrons. The first-order valence-corrected chi connectivity index (χ1v) is 5.61. The van der Waals surface area contributed by atoms with Crippen molar-refractivity contribution in [3.63, 3.8) is 0 Å². The molecule has 0 atom stereocenters. The Bertz CT molecular complexity index is 118. The Morgan fingerprint density at radius 1 is 1.29 bits per heavy atom. The molecule has 0 amide bonds. The van der Waals surface area contributed by atoms with Crippen LogP contribution in [0.25, 0.3) is 0 Å². The lowest BCUT2D eigenvalue weighted by atomic mass is 10.2. The lowest BCUT2D eigenvalue weighted by Crippen LogP contribution is -2.29. The lowest BCUT2D eigenvalue weighted by Gasteiger charge is -2.19. The largest absolute Gasteiger partial charge is 0.396 e. The van der Waals surface area contributed by atoms with Crippen molar-refractivity contribution >= 4 is 0 Å². The summed E-state index contributed by atoms with van der Waals surface area (Å²) in [4.78, 5) is 2.30. The second kappa shape index (κ2) is 9.44. The van der Waals surface area contributed by atoms with Gasteiger partial charge in [-0.05, 0) is 18.9 Å². The number of nitrogens with zero attached hydrogens (tertiary/aromatic N) is 1. The molecule has 0 unspecified atom stereocenters. The van der Waals surface area contributed by atoms with Crippen LogP contribution in [0.4, 0.5) is 0 Å². The summed E-state index contributed by atoms with van der Waals surface area (Å²) >= 11 is 0. The van der Waals surface area contributed by atoms with Gasteiger partial charge in [-0.2, -0.15) is 0 Å². The van der Waals surface area contributed by atoms with Crippen LogP contribution in [0.2, 0.25) is 0 Å². The molecule has 0 aliphatic heterocycles. The summed E-state index contributed by atoms with van der Waals surface area (Å²) in [5.74, 6) is 0.613. The van der Waals surface area contributed by atoms with E-state index in [0.717, 1.165) is 39.3 Å². The average Bonchev–Trinajstić information content (AvgIpc) is 2.16. The third kappa shape index (κ3) is 8.48. The number of likely N-dealkylation sites (N-methyl/N-ethyl adjacent to an activating group) is 1. The molecule has 0 aromatic heterocycles. The molecule has 0 radical (unpaired) electrons. The van der Waals surface area contributed by atoms with E-state index in [1.54, 1.807) is 0 Å². The Labute approximate surface area is 88.1 Å². The van der Waals surface area contributed by atoms with Crippen LogP contribution in [0.5, 0.6) is 0 Å². The van der Waals surface area contributed by atoms with E-state index >= 15 is 0 Å². The Morgan fingerprint density at radius 2 is 2.00 bits per heavy atom. The Hall–Kier alpha value is -0.120. The quantitative estimate of drug-likeness (QED) is 0.574. The fourth-order valence-electron chi connectivity index (χ4n) is 1.24. The molecular formula is C11H25NO2. The minimum Gasteiger partial charge on any atom is -0.396 e. The van der Waals surface area contributed by atoms with Crippen LogP contribution in [0.1, 0.15) is 27.2 Å². The van der Waals surface area contributed by atoms with E-state index in [1.807, 2.05) is 0 Å². The van der Waals surface area contributed by atoms with Crippen molar-refractivity contribution in [3.8, 4) is 0 Å². The molecule has 0 spiro atoms. The third-order valence-corrected chi connectivity index (χ3v) is 2.08. The Kier molecular flexibility index (Phi) is 9.35. The summed E-state index contributed by atoms with van der Waals surface area (Å²) in [5, 5.41) is 8.70. The number of ether oxygens (including phenoxy) is 1. The van der Waals surface area contributed by atoms with Crippen LogP contribution in [0.3, 0.4) is 0 Å². The van der Waals surface area contributed by atoms with Gasteiger partial charge < -0.3 is 14.7 Å². The smallest absolute Gasteiger partial charge is 0.0593 e. The van der Waals surface area contributed by atoms with Crippen molar-refractivity contribution in [1.29, 1.82) is 0 Å². The maximum Gasteiger partial charge on any atom is 0.0593 e. The van der Waals surface area contributed by atoms with Crippen molar-refractivity contribution in [3.05, 3.63) is 0 Å². The van der Waals surface area contributed by atoms with E-state index in [0.29, 0.717) is 5.92 Å². The molecule has 1 N–H and O–H groups in total. The van der Waals surface area contributed by atoms with Gasteiger partial charge in [-0.1, -0.05) is 20.8 Å². The number of rotatable bonds is 9. The standard InChI is InChI=1S/C11H25NO2/c1-4-12(6-5-8-13)7-9-14-10-11(2)3/h11,13H,4-10H2,1-3H3. The maximum absolute atomic E-state index is 8.70. The summed E-state index contributed by atoms with van der Waals surface area (Å²) in [6.07, 6.45) is 0.859. The molecule has 14 heavy (non-hydrogen) atoms. The first-order chi connectivity index (χ1) is 6.70. The van der Waals surface area contributed by atoms with Gasteiger partial charge in [0.25, 0.3) is 0 Å². The van der Waals surface area contributed by atoms with Crippen LogP contribution in [-0.4, -0.2) is 49.5 Å². The second-order valence-electron chi connectivity index (χ2n) is 3.98. The second-order valence-corrected chi connectivity index (χ2v) is 3.98. The van der Waals surface area contributed by atoms with Crippen LogP contribution in [0, 0.1) is 5.92 Å².